The molecule has 10 heteroatoms. The molecular formula is C24H33N3O6S. The smallest absolute Gasteiger partial charge is 0.261 e. The quantitative estimate of drug-likeness (QED) is 0.662. The first-order valence-corrected chi connectivity index (χ1v) is 12.6. The molecule has 3 rings (SSSR count). The van der Waals surface area contributed by atoms with Crippen LogP contribution >= 0.6 is 0 Å². The number of hydrogen-bond acceptors (Lipinski definition) is 7. The van der Waals surface area contributed by atoms with Crippen LogP contribution in [-0.2, 0) is 14.8 Å². The van der Waals surface area contributed by atoms with E-state index < -0.39 is 10.0 Å². The fraction of sp³-hybridized carbons (Fsp3) is 0.458. The van der Waals surface area contributed by atoms with Gasteiger partial charge >= 0.3 is 0 Å². The number of fused-ring (bicyclic) bond motifs is 1. The highest BCUT2D eigenvalue weighted by Gasteiger charge is 2.26. The number of nitrogens with one attached hydrogen (secondary N) is 2. The van der Waals surface area contributed by atoms with Gasteiger partial charge in [0.05, 0.1) is 23.7 Å². The topological polar surface area (TPSA) is 106 Å². The summed E-state index contributed by atoms with van der Waals surface area (Å²) in [5.41, 5.74) is 0.530. The van der Waals surface area contributed by atoms with Gasteiger partial charge in [0.25, 0.3) is 15.9 Å². The van der Waals surface area contributed by atoms with Crippen LogP contribution in [0.1, 0.15) is 24.2 Å². The molecule has 0 bridgehead atoms. The standard InChI is InChI=1S/C24H33N3O6S/c1-16-13-25-17(2)15-33-22-11-6-18(12-21(22)24(28)27(3)14-23(16)32-5)26-34(29,30)20-9-7-19(31-4)8-10-20/h6-12,16-17,23,25-26H,13-15H2,1-5H3/t16-,17-,23-/m0/s1. The summed E-state index contributed by atoms with van der Waals surface area (Å²) in [5.74, 6) is 0.831. The molecule has 2 aromatic carbocycles. The van der Waals surface area contributed by atoms with Gasteiger partial charge in [0, 0.05) is 39.0 Å². The number of anilines is 1. The second-order valence-electron chi connectivity index (χ2n) is 8.55. The van der Waals surface area contributed by atoms with Gasteiger partial charge in [-0.2, -0.15) is 0 Å². The minimum Gasteiger partial charge on any atom is -0.497 e. The van der Waals surface area contributed by atoms with Crippen LogP contribution in [0.15, 0.2) is 47.4 Å². The molecule has 0 aliphatic carbocycles. The fourth-order valence-electron chi connectivity index (χ4n) is 3.69. The van der Waals surface area contributed by atoms with Gasteiger partial charge in [0.2, 0.25) is 0 Å². The summed E-state index contributed by atoms with van der Waals surface area (Å²) in [6.45, 7) is 5.53. The van der Waals surface area contributed by atoms with Crippen molar-refractivity contribution in [2.24, 2.45) is 5.92 Å². The van der Waals surface area contributed by atoms with Crippen molar-refractivity contribution in [3.05, 3.63) is 48.0 Å². The van der Waals surface area contributed by atoms with E-state index in [0.29, 0.717) is 24.7 Å². The maximum Gasteiger partial charge on any atom is 0.261 e. The van der Waals surface area contributed by atoms with Crippen LogP contribution in [0.5, 0.6) is 11.5 Å². The van der Waals surface area contributed by atoms with Crippen molar-refractivity contribution in [2.75, 3.05) is 45.7 Å². The average Bonchev–Trinajstić information content (AvgIpc) is 2.83. The lowest BCUT2D eigenvalue weighted by molar-refractivity contribution is 0.0281. The van der Waals surface area contributed by atoms with E-state index >= 15 is 0 Å². The summed E-state index contributed by atoms with van der Waals surface area (Å²) in [6, 6.07) is 10.8. The number of nitrogens with zero attached hydrogens (tertiary/aromatic N) is 1. The van der Waals surface area contributed by atoms with Crippen LogP contribution in [0.3, 0.4) is 0 Å². The molecule has 0 fully saturated rings. The van der Waals surface area contributed by atoms with Gasteiger partial charge in [0.1, 0.15) is 18.1 Å². The Morgan fingerprint density at radius 2 is 1.82 bits per heavy atom. The minimum atomic E-state index is -3.87. The summed E-state index contributed by atoms with van der Waals surface area (Å²) in [6.07, 6.45) is -0.158. The lowest BCUT2D eigenvalue weighted by Crippen LogP contribution is -2.44. The summed E-state index contributed by atoms with van der Waals surface area (Å²) in [4.78, 5) is 15.0. The second-order valence-corrected chi connectivity index (χ2v) is 10.2. The SMILES string of the molecule is COc1ccc(S(=O)(=O)Nc2ccc3c(c2)C(=O)N(C)C[C@H](OC)[C@@H](C)CN[C@@H](C)CO3)cc1. The zero-order valence-corrected chi connectivity index (χ0v) is 21.0. The van der Waals surface area contributed by atoms with E-state index in [1.54, 1.807) is 43.3 Å². The third-order valence-electron chi connectivity index (χ3n) is 5.85. The van der Waals surface area contributed by atoms with E-state index in [2.05, 4.69) is 17.0 Å². The highest BCUT2D eigenvalue weighted by Crippen LogP contribution is 2.27. The van der Waals surface area contributed by atoms with E-state index in [-0.39, 0.29) is 40.1 Å². The van der Waals surface area contributed by atoms with Crippen LogP contribution < -0.4 is 19.5 Å². The Labute approximate surface area is 201 Å². The Balaban J connectivity index is 1.92. The van der Waals surface area contributed by atoms with Crippen molar-refractivity contribution < 1.29 is 27.4 Å². The zero-order valence-electron chi connectivity index (χ0n) is 20.2. The average molecular weight is 492 g/mol. The molecule has 0 aromatic heterocycles. The van der Waals surface area contributed by atoms with E-state index in [9.17, 15) is 13.2 Å². The Kier molecular flexibility index (Phi) is 8.40. The molecule has 2 aromatic rings. The first-order valence-electron chi connectivity index (χ1n) is 11.1. The molecule has 1 aliphatic rings. The van der Waals surface area contributed by atoms with Crippen LogP contribution in [0.25, 0.3) is 0 Å². The number of amides is 1. The van der Waals surface area contributed by atoms with Gasteiger partial charge in [-0.15, -0.1) is 0 Å². The number of methoxy groups -OCH3 is 2. The van der Waals surface area contributed by atoms with Crippen LogP contribution in [0.2, 0.25) is 0 Å². The Hall–Kier alpha value is -2.82. The highest BCUT2D eigenvalue weighted by molar-refractivity contribution is 7.92. The second kappa shape index (κ2) is 11.1. The van der Waals surface area contributed by atoms with Crippen LogP contribution in [-0.4, -0.2) is 72.3 Å². The number of likely N-dealkylation sites (N-methyl/N-ethyl adjacent to an activating group) is 1. The third-order valence-corrected chi connectivity index (χ3v) is 7.24. The van der Waals surface area contributed by atoms with Crippen molar-refractivity contribution in [2.45, 2.75) is 30.9 Å². The number of ether oxygens (including phenoxy) is 3. The Morgan fingerprint density at radius 3 is 2.47 bits per heavy atom. The molecule has 0 saturated carbocycles. The predicted molar refractivity (Wildman–Crippen MR) is 130 cm³/mol. The fourth-order valence-corrected chi connectivity index (χ4v) is 4.74. The molecule has 2 N–H and O–H groups in total. The molecule has 1 aliphatic heterocycles. The maximum absolute atomic E-state index is 13.3. The van der Waals surface area contributed by atoms with E-state index in [0.717, 1.165) is 6.54 Å². The maximum atomic E-state index is 13.3. The van der Waals surface area contributed by atoms with Crippen LogP contribution in [0.4, 0.5) is 5.69 Å². The third kappa shape index (κ3) is 6.19. The minimum absolute atomic E-state index is 0.0494. The van der Waals surface area contributed by atoms with E-state index in [4.69, 9.17) is 14.2 Å². The van der Waals surface area contributed by atoms with Gasteiger partial charge in [-0.25, -0.2) is 8.42 Å². The molecule has 1 amide bonds. The Bertz CT molecular complexity index is 1090. The van der Waals surface area contributed by atoms with E-state index in [1.165, 1.54) is 25.3 Å². The molecular weight excluding hydrogens is 458 g/mol. The highest BCUT2D eigenvalue weighted by atomic mass is 32.2. The summed E-state index contributed by atoms with van der Waals surface area (Å²) >= 11 is 0. The van der Waals surface area contributed by atoms with Crippen molar-refractivity contribution >= 4 is 21.6 Å². The van der Waals surface area contributed by atoms with Crippen molar-refractivity contribution in [3.63, 3.8) is 0 Å². The summed E-state index contributed by atoms with van der Waals surface area (Å²) < 4.78 is 45.0. The largest absolute Gasteiger partial charge is 0.497 e. The molecule has 0 spiro atoms. The monoisotopic (exact) mass is 491 g/mol. The van der Waals surface area contributed by atoms with Gasteiger partial charge in [-0.3, -0.25) is 9.52 Å². The first-order chi connectivity index (χ1) is 16.1. The molecule has 0 radical (unpaired) electrons. The number of carbonyl (C=O) groups excluding carboxylic acids is 1. The predicted octanol–water partition coefficient (Wildman–Crippen LogP) is 2.59. The summed E-state index contributed by atoms with van der Waals surface area (Å²) in [5, 5.41) is 3.43. The van der Waals surface area contributed by atoms with Crippen molar-refractivity contribution in [3.8, 4) is 11.5 Å². The number of benzene rings is 2. The first kappa shape index (κ1) is 25.8. The molecule has 34 heavy (non-hydrogen) atoms. The van der Waals surface area contributed by atoms with Gasteiger partial charge < -0.3 is 24.4 Å². The normalized spacial score (nSPS) is 22.1. The van der Waals surface area contributed by atoms with E-state index in [1.807, 2.05) is 6.92 Å². The molecule has 0 saturated heterocycles. The molecule has 9 nitrogen and oxygen atoms in total. The zero-order chi connectivity index (χ0) is 24.9. The number of carbonyl (C=O) groups is 1. The van der Waals surface area contributed by atoms with Gasteiger partial charge in [0.15, 0.2) is 0 Å². The van der Waals surface area contributed by atoms with Crippen molar-refractivity contribution in [1.29, 1.82) is 0 Å². The van der Waals surface area contributed by atoms with Crippen LogP contribution in [0, 0.1) is 5.92 Å². The molecule has 3 atom stereocenters. The number of sulfonamides is 1. The van der Waals surface area contributed by atoms with Gasteiger partial charge in [-0.1, -0.05) is 6.92 Å². The van der Waals surface area contributed by atoms with Gasteiger partial charge in [-0.05, 0) is 55.3 Å². The number of hydrogen-bond donors (Lipinski definition) is 2. The lowest BCUT2D eigenvalue weighted by Gasteiger charge is -2.30. The molecule has 186 valence electrons. The van der Waals surface area contributed by atoms with Crippen molar-refractivity contribution in [1.82, 2.24) is 10.2 Å². The molecule has 1 heterocycles. The number of rotatable bonds is 5. The Morgan fingerprint density at radius 1 is 1.12 bits per heavy atom. The lowest BCUT2D eigenvalue weighted by atomic mass is 10.0. The molecule has 0 unspecified atom stereocenters. The summed E-state index contributed by atoms with van der Waals surface area (Å²) in [7, 11) is 0.976.